The third-order valence-corrected chi connectivity index (χ3v) is 4.17. The van der Waals surface area contributed by atoms with E-state index in [4.69, 9.17) is 5.11 Å². The molecule has 1 heterocycles. The Morgan fingerprint density at radius 1 is 1.36 bits per heavy atom. The first-order valence-electron chi connectivity index (χ1n) is 7.42. The van der Waals surface area contributed by atoms with E-state index in [1.165, 1.54) is 0 Å². The highest BCUT2D eigenvalue weighted by atomic mass is 16.4. The summed E-state index contributed by atoms with van der Waals surface area (Å²) in [5, 5.41) is 22.4. The predicted octanol–water partition coefficient (Wildman–Crippen LogP) is 1.50. The van der Waals surface area contributed by atoms with Crippen molar-refractivity contribution in [2.75, 3.05) is 13.1 Å². The number of aliphatic hydroxyl groups is 1. The van der Waals surface area contributed by atoms with Crippen molar-refractivity contribution in [2.24, 2.45) is 0 Å². The van der Waals surface area contributed by atoms with Crippen LogP contribution >= 0.6 is 0 Å². The van der Waals surface area contributed by atoms with E-state index in [-0.39, 0.29) is 5.92 Å². The molecule has 1 fully saturated rings. The summed E-state index contributed by atoms with van der Waals surface area (Å²) in [6.45, 7) is 5.23. The number of carbonyl (C=O) groups excluding carboxylic acids is 1. The second-order valence-electron chi connectivity index (χ2n) is 5.87. The number of hydrogen-bond acceptors (Lipinski definition) is 4. The largest absolute Gasteiger partial charge is 0.465 e. The number of amides is 1. The molecule has 1 amide bonds. The lowest BCUT2D eigenvalue weighted by Crippen LogP contribution is -2.64. The van der Waals surface area contributed by atoms with Crippen molar-refractivity contribution in [2.45, 2.75) is 38.0 Å². The van der Waals surface area contributed by atoms with Gasteiger partial charge >= 0.3 is 6.09 Å². The third kappa shape index (κ3) is 2.84. The van der Waals surface area contributed by atoms with Crippen molar-refractivity contribution in [1.82, 2.24) is 10.2 Å². The fourth-order valence-corrected chi connectivity index (χ4v) is 2.89. The van der Waals surface area contributed by atoms with Crippen LogP contribution in [0.25, 0.3) is 0 Å². The van der Waals surface area contributed by atoms with Crippen LogP contribution in [0.2, 0.25) is 0 Å². The predicted molar refractivity (Wildman–Crippen MR) is 81.6 cm³/mol. The first-order valence-corrected chi connectivity index (χ1v) is 7.42. The van der Waals surface area contributed by atoms with Crippen LogP contribution in [-0.4, -0.2) is 46.6 Å². The minimum absolute atomic E-state index is 0.140. The van der Waals surface area contributed by atoms with Crippen LogP contribution in [0, 0.1) is 0 Å². The summed E-state index contributed by atoms with van der Waals surface area (Å²) in [5.41, 5.74) is -0.189. The Kier molecular flexibility index (Phi) is 4.83. The van der Waals surface area contributed by atoms with Crippen molar-refractivity contribution in [1.29, 1.82) is 0 Å². The second-order valence-corrected chi connectivity index (χ2v) is 5.87. The number of nitrogens with zero attached hydrogens (tertiary/aromatic N) is 1. The highest BCUT2D eigenvalue weighted by molar-refractivity contribution is 5.73. The molecule has 1 aliphatic heterocycles. The van der Waals surface area contributed by atoms with E-state index in [9.17, 15) is 14.7 Å². The van der Waals surface area contributed by atoms with Gasteiger partial charge in [0.25, 0.3) is 0 Å². The topological polar surface area (TPSA) is 89.9 Å². The van der Waals surface area contributed by atoms with Gasteiger partial charge in [-0.05, 0) is 17.9 Å². The number of benzene rings is 1. The normalized spacial score (nSPS) is 19.1. The maximum absolute atomic E-state index is 11.5. The Hall–Kier alpha value is -1.92. The molecule has 0 radical (unpaired) electrons. The Morgan fingerprint density at radius 2 is 2.00 bits per heavy atom. The summed E-state index contributed by atoms with van der Waals surface area (Å²) in [6.07, 6.45) is 0.0343. The van der Waals surface area contributed by atoms with Crippen molar-refractivity contribution in [3.8, 4) is 0 Å². The Bertz CT molecular complexity index is 557. The molecule has 22 heavy (non-hydrogen) atoms. The van der Waals surface area contributed by atoms with Crippen molar-refractivity contribution in [3.05, 3.63) is 35.4 Å². The number of hydrogen-bond donors (Lipinski definition) is 3. The highest BCUT2D eigenvalue weighted by Gasteiger charge is 2.48. The third-order valence-electron chi connectivity index (χ3n) is 4.17. The number of aldehydes is 1. The van der Waals surface area contributed by atoms with E-state index in [2.05, 4.69) is 5.32 Å². The van der Waals surface area contributed by atoms with E-state index < -0.39 is 17.9 Å². The lowest BCUT2D eigenvalue weighted by molar-refractivity contribution is -0.168. The van der Waals surface area contributed by atoms with Gasteiger partial charge in [-0.3, -0.25) is 4.90 Å². The number of carbonyl (C=O) groups is 2. The van der Waals surface area contributed by atoms with Gasteiger partial charge in [-0.2, -0.15) is 0 Å². The van der Waals surface area contributed by atoms with Crippen LogP contribution in [0.3, 0.4) is 0 Å². The minimum atomic E-state index is -1.67. The van der Waals surface area contributed by atoms with Crippen molar-refractivity contribution < 1.29 is 19.8 Å². The van der Waals surface area contributed by atoms with Gasteiger partial charge in [0.1, 0.15) is 12.3 Å². The molecule has 3 N–H and O–H groups in total. The van der Waals surface area contributed by atoms with Crippen molar-refractivity contribution >= 4 is 12.4 Å². The molecule has 1 saturated heterocycles. The molecule has 6 heteroatoms. The molecular weight excluding hydrogens is 284 g/mol. The molecule has 2 unspecified atom stereocenters. The number of nitrogens with one attached hydrogen (secondary N) is 1. The van der Waals surface area contributed by atoms with Gasteiger partial charge in [-0.15, -0.1) is 0 Å². The molecule has 1 aliphatic rings. The quantitative estimate of drug-likeness (QED) is 0.693. The Morgan fingerprint density at radius 3 is 2.45 bits per heavy atom. The van der Waals surface area contributed by atoms with Crippen LogP contribution in [-0.2, 0) is 10.5 Å². The van der Waals surface area contributed by atoms with Crippen LogP contribution in [0.1, 0.15) is 37.3 Å². The van der Waals surface area contributed by atoms with Crippen LogP contribution < -0.4 is 5.32 Å². The van der Waals surface area contributed by atoms with Gasteiger partial charge in [-0.25, -0.2) is 4.79 Å². The van der Waals surface area contributed by atoms with Gasteiger partial charge < -0.3 is 20.3 Å². The van der Waals surface area contributed by atoms with Crippen LogP contribution in [0.4, 0.5) is 4.79 Å². The molecule has 0 spiro atoms. The fraction of sp³-hybridized carbons (Fsp3) is 0.500. The fourth-order valence-electron chi connectivity index (χ4n) is 2.89. The maximum Gasteiger partial charge on any atom is 0.405 e. The molecule has 1 aromatic carbocycles. The average Bonchev–Trinajstić information content (AvgIpc) is 2.42. The van der Waals surface area contributed by atoms with E-state index in [0.29, 0.717) is 24.9 Å². The molecule has 6 nitrogen and oxygen atoms in total. The molecule has 2 rings (SSSR count). The Labute approximate surface area is 129 Å². The Balaban J connectivity index is 2.54. The van der Waals surface area contributed by atoms with E-state index in [1.807, 2.05) is 26.0 Å². The number of likely N-dealkylation sites (tertiary alicyclic amines) is 1. The summed E-state index contributed by atoms with van der Waals surface area (Å²) >= 11 is 0. The van der Waals surface area contributed by atoms with Crippen molar-refractivity contribution in [3.63, 3.8) is 0 Å². The monoisotopic (exact) mass is 306 g/mol. The summed E-state index contributed by atoms with van der Waals surface area (Å²) in [6, 6.07) is 6.07. The highest BCUT2D eigenvalue weighted by Crippen LogP contribution is 2.37. The molecule has 0 aromatic heterocycles. The van der Waals surface area contributed by atoms with E-state index in [0.717, 1.165) is 12.0 Å². The number of rotatable bonds is 6. The summed E-state index contributed by atoms with van der Waals surface area (Å²) in [5.74, 6) is 0.140. The first-order chi connectivity index (χ1) is 10.4. The molecule has 0 saturated carbocycles. The molecule has 1 aromatic rings. The van der Waals surface area contributed by atoms with Gasteiger partial charge in [0, 0.05) is 18.7 Å². The number of carboxylic acid groups (broad SMARTS) is 1. The minimum Gasteiger partial charge on any atom is -0.465 e. The first kappa shape index (κ1) is 16.5. The lowest BCUT2D eigenvalue weighted by Gasteiger charge is -2.48. The van der Waals surface area contributed by atoms with Crippen LogP contribution in [0.5, 0.6) is 0 Å². The summed E-state index contributed by atoms with van der Waals surface area (Å²) in [7, 11) is 0. The zero-order valence-corrected chi connectivity index (χ0v) is 12.8. The summed E-state index contributed by atoms with van der Waals surface area (Å²) < 4.78 is 0. The molecule has 2 atom stereocenters. The average molecular weight is 306 g/mol. The van der Waals surface area contributed by atoms with Gasteiger partial charge in [-0.1, -0.05) is 38.1 Å². The zero-order valence-electron chi connectivity index (χ0n) is 12.8. The van der Waals surface area contributed by atoms with E-state index >= 15 is 0 Å². The molecule has 120 valence electrons. The molecule has 0 aliphatic carbocycles. The second kappa shape index (κ2) is 6.46. The standard InChI is InChI=1S/C16H22N2O4/c1-11(2)12-6-3-4-7-13(12)16(22,18-8-5-9-18)14(10-19)17-15(20)21/h3-4,6-7,10-11,14,17,22H,5,8-9H2,1-2H3,(H,20,21). The SMILES string of the molecule is CC(C)c1ccccc1C(O)(C(C=O)NC(=O)O)N1CCC1. The molecular formula is C16H22N2O4. The lowest BCUT2D eigenvalue weighted by atomic mass is 9.84. The van der Waals surface area contributed by atoms with Crippen LogP contribution in [0.15, 0.2) is 24.3 Å². The summed E-state index contributed by atoms with van der Waals surface area (Å²) in [4.78, 5) is 24.2. The van der Waals surface area contributed by atoms with Gasteiger partial charge in [0.15, 0.2) is 5.72 Å². The van der Waals surface area contributed by atoms with Gasteiger partial charge in [0.05, 0.1) is 0 Å². The molecule has 0 bridgehead atoms. The zero-order chi connectivity index (χ0) is 16.3. The van der Waals surface area contributed by atoms with E-state index in [1.54, 1.807) is 17.0 Å². The van der Waals surface area contributed by atoms with Gasteiger partial charge in [0.2, 0.25) is 0 Å². The maximum atomic E-state index is 11.5. The smallest absolute Gasteiger partial charge is 0.405 e.